The Balaban J connectivity index is 0.000000152. The molecule has 4 aliphatic rings. The molecule has 0 amide bonds. The minimum Gasteiger partial charge on any atom is -0.492 e. The lowest BCUT2D eigenvalue weighted by Gasteiger charge is -2.22. The van der Waals surface area contributed by atoms with Crippen LogP contribution in [0.3, 0.4) is 0 Å². The van der Waals surface area contributed by atoms with E-state index in [1.54, 1.807) is 128 Å². The van der Waals surface area contributed by atoms with Crippen molar-refractivity contribution in [3.63, 3.8) is 0 Å². The molecule has 115 heavy (non-hydrogen) atoms. The highest BCUT2D eigenvalue weighted by molar-refractivity contribution is 7.91. The molecule has 1 saturated carbocycles. The van der Waals surface area contributed by atoms with Crippen LogP contribution in [0.25, 0.3) is 67.1 Å². The van der Waals surface area contributed by atoms with Crippen LogP contribution in [0, 0.1) is 18.7 Å². The van der Waals surface area contributed by atoms with Crippen LogP contribution in [0.15, 0.2) is 253 Å². The summed E-state index contributed by atoms with van der Waals surface area (Å²) in [6.45, 7) is 17.2. The highest BCUT2D eigenvalue weighted by Gasteiger charge is 2.45. The molecule has 0 bridgehead atoms. The quantitative estimate of drug-likeness (QED) is 0.0620. The summed E-state index contributed by atoms with van der Waals surface area (Å²) in [6, 6.07) is 53.7. The first-order chi connectivity index (χ1) is 53.7. The van der Waals surface area contributed by atoms with Gasteiger partial charge in [0.1, 0.15) is 17.3 Å². The van der Waals surface area contributed by atoms with Gasteiger partial charge in [0.25, 0.3) is 0 Å². The fraction of sp³-hybridized carbons (Fsp3) is 0.282. The van der Waals surface area contributed by atoms with Gasteiger partial charge in [-0.3, -0.25) is 9.97 Å². The van der Waals surface area contributed by atoms with Crippen molar-refractivity contribution in [2.24, 2.45) is 11.1 Å². The standard InChI is InChI=1S/C19H19FO4S.C17H13ClN2O2S.C17H22O5S.C16H14N2O3S.C16H22O5S/c1-19(2)17(12-7-9-15(10-8-12)25(3,22)23)16(18(21)24-19)13-5-4-6-14(20)11-13;1-23(21,22)15-6-4-12(5-7-15)16-9-14(18)11-20-17(16)13-3-2-8-19-10-13;1-17(2)14(12-6-8-13(9-7-12)23(3,19)20)15(16(18)22-17)21-10-11-4-5-11;1-11-15(12-7-9-14(10-8-12)22(17,19)20)16(18-21-11)13-5-3-2-4-6-13;1-10(2)20-14-13(16(3,4)21-15(14)17)11-6-8-12(9-7-11)22(5,18)19/h4-11,18,21H,1-3H3;2-11H,1H3;6-9,11,16,18H,4-5,10H2,1-3H3;2-10H,1H3,(H2,17,19,20);6-10,15,17H,1-5H3. The van der Waals surface area contributed by atoms with Gasteiger partial charge in [-0.2, -0.15) is 0 Å². The Hall–Kier alpha value is -9.44. The summed E-state index contributed by atoms with van der Waals surface area (Å²) >= 11 is 6.08. The molecular formula is C85H90ClFN4O19S5. The largest absolute Gasteiger partial charge is 0.492 e. The molecule has 6 heterocycles. The highest BCUT2D eigenvalue weighted by Crippen LogP contribution is 2.48. The van der Waals surface area contributed by atoms with Crippen molar-refractivity contribution < 1.29 is 90.0 Å². The summed E-state index contributed by atoms with van der Waals surface area (Å²) in [5, 5.41) is 40.4. The Bertz CT molecular complexity index is 5890. The zero-order valence-electron chi connectivity index (χ0n) is 65.3. The van der Waals surface area contributed by atoms with E-state index in [0.29, 0.717) is 57.1 Å². The molecule has 30 heteroatoms. The highest BCUT2D eigenvalue weighted by atomic mass is 35.5. The van der Waals surface area contributed by atoms with Crippen LogP contribution in [-0.4, -0.2) is 146 Å². The first kappa shape index (κ1) is 87.9. The summed E-state index contributed by atoms with van der Waals surface area (Å²) in [5.41, 5.74) is 9.85. The molecule has 3 aliphatic heterocycles. The summed E-state index contributed by atoms with van der Waals surface area (Å²) in [7, 11) is -16.7. The number of aliphatic hydroxyl groups is 3. The average Bonchev–Trinajstić information content (AvgIpc) is 1.69. The third-order valence-corrected chi connectivity index (χ3v) is 24.3. The maximum Gasteiger partial charge on any atom is 0.238 e. The van der Waals surface area contributed by atoms with Crippen molar-refractivity contribution in [3.05, 3.63) is 263 Å². The maximum atomic E-state index is 13.6. The van der Waals surface area contributed by atoms with E-state index in [0.717, 1.165) is 86.1 Å². The van der Waals surface area contributed by atoms with Gasteiger partial charge in [0, 0.05) is 77.0 Å². The molecule has 7 aromatic carbocycles. The normalized spacial score (nSPS) is 17.8. The minimum atomic E-state index is -3.70. The lowest BCUT2D eigenvalue weighted by Crippen LogP contribution is -2.24. The van der Waals surface area contributed by atoms with E-state index < -0.39 is 90.9 Å². The molecule has 14 rings (SSSR count). The number of sulfonamides is 1. The van der Waals surface area contributed by atoms with Crippen LogP contribution in [0.5, 0.6) is 0 Å². The number of ether oxygens (including phenoxy) is 5. The number of rotatable bonds is 18. The number of hydrogen-bond donors (Lipinski definition) is 4. The Morgan fingerprint density at radius 2 is 0.922 bits per heavy atom. The second kappa shape index (κ2) is 35.2. The van der Waals surface area contributed by atoms with Crippen LogP contribution in [-0.2, 0) is 73.1 Å². The molecule has 23 nitrogen and oxygen atoms in total. The number of halogens is 2. The molecule has 3 aromatic heterocycles. The number of aromatic nitrogens is 3. The Morgan fingerprint density at radius 1 is 0.496 bits per heavy atom. The van der Waals surface area contributed by atoms with E-state index >= 15 is 0 Å². The monoisotopic (exact) mass is 1680 g/mol. The number of aliphatic hydroxyl groups excluding tert-OH is 3. The Kier molecular flexibility index (Phi) is 26.9. The zero-order chi connectivity index (χ0) is 84.1. The molecule has 3 unspecified atom stereocenters. The molecule has 1 fully saturated rings. The molecule has 0 spiro atoms. The van der Waals surface area contributed by atoms with Gasteiger partial charge in [-0.05, 0) is 211 Å². The number of aryl methyl sites for hydroxylation is 1. The number of hydrogen-bond acceptors (Lipinski definition) is 22. The molecule has 5 N–H and O–H groups in total. The number of nitrogens with two attached hydrogens (primary N) is 1. The van der Waals surface area contributed by atoms with Crippen LogP contribution < -0.4 is 5.14 Å². The fourth-order valence-electron chi connectivity index (χ4n) is 13.1. The van der Waals surface area contributed by atoms with E-state index in [1.165, 1.54) is 55.2 Å². The van der Waals surface area contributed by atoms with Gasteiger partial charge in [-0.1, -0.05) is 120 Å². The van der Waals surface area contributed by atoms with E-state index in [1.807, 2.05) is 111 Å². The second-order valence-corrected chi connectivity index (χ2v) is 39.6. The van der Waals surface area contributed by atoms with Gasteiger partial charge in [0.15, 0.2) is 57.2 Å². The van der Waals surface area contributed by atoms with Gasteiger partial charge in [-0.15, -0.1) is 0 Å². The topological polar surface area (TPSA) is 355 Å². The third-order valence-electron chi connectivity index (χ3n) is 18.6. The second-order valence-electron chi connectivity index (χ2n) is 29.5. The number of primary sulfonamides is 1. The van der Waals surface area contributed by atoms with Crippen molar-refractivity contribution in [2.45, 2.75) is 141 Å². The van der Waals surface area contributed by atoms with Gasteiger partial charge in [0.2, 0.25) is 22.6 Å². The molecular weight excluding hydrogens is 1600 g/mol. The maximum absolute atomic E-state index is 13.6. The molecule has 3 atom stereocenters. The molecule has 608 valence electrons. The Morgan fingerprint density at radius 3 is 1.37 bits per heavy atom. The van der Waals surface area contributed by atoms with Gasteiger partial charge in [0.05, 0.1) is 70.3 Å². The van der Waals surface area contributed by atoms with Crippen molar-refractivity contribution in [2.75, 3.05) is 31.6 Å². The summed E-state index contributed by atoms with van der Waals surface area (Å²) in [4.78, 5) is 9.59. The van der Waals surface area contributed by atoms with Crippen molar-refractivity contribution in [1.29, 1.82) is 0 Å². The van der Waals surface area contributed by atoms with E-state index in [-0.39, 0.29) is 30.6 Å². The predicted molar refractivity (Wildman–Crippen MR) is 439 cm³/mol. The predicted octanol–water partition coefficient (Wildman–Crippen LogP) is 14.8. The summed E-state index contributed by atoms with van der Waals surface area (Å²) < 4.78 is 163. The van der Waals surface area contributed by atoms with Crippen LogP contribution >= 0.6 is 11.6 Å². The van der Waals surface area contributed by atoms with Gasteiger partial charge >= 0.3 is 0 Å². The number of benzene rings is 7. The first-order valence-corrected chi connectivity index (χ1v) is 45.5. The van der Waals surface area contributed by atoms with Crippen molar-refractivity contribution >= 4 is 83.3 Å². The number of pyridine rings is 2. The molecule has 1 aliphatic carbocycles. The molecule has 0 saturated heterocycles. The van der Waals surface area contributed by atoms with Crippen LogP contribution in [0.2, 0.25) is 5.02 Å². The van der Waals surface area contributed by atoms with Crippen LogP contribution in [0.1, 0.15) is 96.2 Å². The lowest BCUT2D eigenvalue weighted by atomic mass is 9.87. The number of nitrogens with zero attached hydrogens (tertiary/aromatic N) is 3. The lowest BCUT2D eigenvalue weighted by molar-refractivity contribution is -0.131. The summed E-state index contributed by atoms with van der Waals surface area (Å²) in [5.74, 6) is 1.64. The van der Waals surface area contributed by atoms with Crippen molar-refractivity contribution in [3.8, 4) is 44.8 Å². The number of sulfone groups is 4. The summed E-state index contributed by atoms with van der Waals surface area (Å²) in [6.07, 6.45) is 8.49. The van der Waals surface area contributed by atoms with Crippen LogP contribution in [0.4, 0.5) is 4.39 Å². The van der Waals surface area contributed by atoms with E-state index in [9.17, 15) is 61.8 Å². The molecule has 10 aromatic rings. The zero-order valence-corrected chi connectivity index (χ0v) is 70.1. The minimum absolute atomic E-state index is 0.0756. The van der Waals surface area contributed by atoms with Gasteiger partial charge < -0.3 is 43.5 Å². The average molecular weight is 1690 g/mol. The van der Waals surface area contributed by atoms with Gasteiger partial charge in [-0.25, -0.2) is 51.6 Å². The Labute approximate surface area is 675 Å². The molecule has 0 radical (unpaired) electrons. The fourth-order valence-corrected chi connectivity index (χ4v) is 16.3. The smallest absolute Gasteiger partial charge is 0.238 e. The van der Waals surface area contributed by atoms with Crippen molar-refractivity contribution in [1.82, 2.24) is 15.1 Å². The first-order valence-electron chi connectivity index (χ1n) is 36.0. The third kappa shape index (κ3) is 22.0. The van der Waals surface area contributed by atoms with E-state index in [4.69, 9.17) is 44.9 Å². The SMILES string of the molecule is CC(C)OC1=C(c2ccc(S(C)(=O)=O)cc2)C(C)(C)OC1O.CC1(C)OC(O)C(OCC2CC2)=C1c1ccc(S(C)(=O)=O)cc1.CC1(C)OC(O)C(c2cccc(F)c2)=C1c1ccc(S(C)(=O)=O)cc1.CS(=O)(=O)c1ccc(-c2cc(Cl)cnc2-c2cccnc2)cc1.Cc1onc(-c2ccccc2)c1-c1ccc(S(N)(=O)=O)cc1. The van der Waals surface area contributed by atoms with E-state index in [2.05, 4.69) is 15.1 Å².